The smallest absolute Gasteiger partial charge is 0.397 e. The van der Waals surface area contributed by atoms with Crippen LogP contribution in [0.15, 0.2) is 0 Å². The van der Waals surface area contributed by atoms with Crippen molar-refractivity contribution in [3.05, 3.63) is 0 Å². The fourth-order valence-electron chi connectivity index (χ4n) is 5.85. The van der Waals surface area contributed by atoms with Gasteiger partial charge in [-0.25, -0.2) is 4.18 Å². The molecule has 1 aliphatic rings. The summed E-state index contributed by atoms with van der Waals surface area (Å²) in [4.78, 5) is 12.4. The van der Waals surface area contributed by atoms with Gasteiger partial charge in [-0.2, -0.15) is 8.42 Å². The molecule has 13 heteroatoms. The molecule has 0 aliphatic carbocycles. The zero-order valence-electron chi connectivity index (χ0n) is 29.8. The molecule has 6 atom stereocenters. The number of unbranched alkanes of at least 4 members (excludes halogenated alkanes) is 19. The lowest BCUT2D eigenvalue weighted by Crippen LogP contribution is -2.60. The number of hydrogen-bond donors (Lipinski definition) is 4. The summed E-state index contributed by atoms with van der Waals surface area (Å²) < 4.78 is 58.2. The van der Waals surface area contributed by atoms with Crippen molar-refractivity contribution < 1.29 is 56.2 Å². The van der Waals surface area contributed by atoms with E-state index in [-0.39, 0.29) is 19.6 Å². The number of carbonyl (C=O) groups excluding carboxylic acids is 1. The van der Waals surface area contributed by atoms with E-state index >= 15 is 0 Å². The van der Waals surface area contributed by atoms with Crippen LogP contribution in [0, 0.1) is 0 Å². The van der Waals surface area contributed by atoms with Crippen LogP contribution in [0.5, 0.6) is 0 Å². The molecule has 0 aromatic rings. The molecular formula is C35H68O12S. The van der Waals surface area contributed by atoms with Gasteiger partial charge >= 0.3 is 16.4 Å². The van der Waals surface area contributed by atoms with Crippen molar-refractivity contribution in [2.24, 2.45) is 0 Å². The number of ether oxygens (including phenoxy) is 4. The van der Waals surface area contributed by atoms with E-state index in [0.717, 1.165) is 32.1 Å². The van der Waals surface area contributed by atoms with Gasteiger partial charge in [-0.15, -0.1) is 0 Å². The van der Waals surface area contributed by atoms with Gasteiger partial charge in [-0.05, 0) is 12.8 Å². The standard InChI is InChI=1S/C35H68O12S/c1-3-5-7-8-9-10-11-12-13-14-15-16-17-18-19-20-21-23-25-43-27-29(45-31(37)24-22-6-4-2)28-44-35-33(39)34(47-48(40,41)42)32(38)30(26-36)46-35/h29-30,32-36,38-39H,3-28H2,1-2H3,(H,40,41,42). The van der Waals surface area contributed by atoms with E-state index in [1.54, 1.807) is 0 Å². The number of carbonyl (C=O) groups is 1. The van der Waals surface area contributed by atoms with E-state index in [9.17, 15) is 28.5 Å². The molecule has 0 aromatic heterocycles. The van der Waals surface area contributed by atoms with E-state index in [2.05, 4.69) is 11.1 Å². The highest BCUT2D eigenvalue weighted by atomic mass is 32.3. The van der Waals surface area contributed by atoms with Crippen LogP contribution in [-0.4, -0.2) is 97.5 Å². The number of hydrogen-bond acceptors (Lipinski definition) is 11. The largest absolute Gasteiger partial charge is 0.457 e. The second-order valence-electron chi connectivity index (χ2n) is 13.2. The van der Waals surface area contributed by atoms with Crippen molar-refractivity contribution in [1.82, 2.24) is 0 Å². The predicted molar refractivity (Wildman–Crippen MR) is 184 cm³/mol. The Balaban J connectivity index is 2.29. The number of esters is 1. The Bertz CT molecular complexity index is 874. The molecule has 286 valence electrons. The molecule has 4 N–H and O–H groups in total. The topological polar surface area (TPSA) is 178 Å². The maximum Gasteiger partial charge on any atom is 0.397 e. The molecule has 48 heavy (non-hydrogen) atoms. The van der Waals surface area contributed by atoms with E-state index in [0.29, 0.717) is 13.0 Å². The van der Waals surface area contributed by atoms with Crippen molar-refractivity contribution >= 4 is 16.4 Å². The first kappa shape index (κ1) is 45.1. The fourth-order valence-corrected chi connectivity index (χ4v) is 6.36. The zero-order chi connectivity index (χ0) is 35.5. The Morgan fingerprint density at radius 1 is 0.708 bits per heavy atom. The molecule has 6 unspecified atom stereocenters. The molecule has 1 rings (SSSR count). The normalized spacial score (nSPS) is 22.2. The summed E-state index contributed by atoms with van der Waals surface area (Å²) in [5, 5.41) is 30.3. The fraction of sp³-hybridized carbons (Fsp3) is 0.971. The molecule has 0 amide bonds. The first-order chi connectivity index (χ1) is 23.1. The number of rotatable bonds is 32. The molecule has 1 saturated heterocycles. The lowest BCUT2D eigenvalue weighted by Gasteiger charge is -2.41. The summed E-state index contributed by atoms with van der Waals surface area (Å²) in [5.74, 6) is -0.421. The van der Waals surface area contributed by atoms with E-state index in [1.807, 2.05) is 6.92 Å². The average molecular weight is 713 g/mol. The van der Waals surface area contributed by atoms with Crippen LogP contribution in [0.25, 0.3) is 0 Å². The van der Waals surface area contributed by atoms with Gasteiger partial charge in [0.2, 0.25) is 0 Å². The minimum absolute atomic E-state index is 0.0400. The molecule has 0 radical (unpaired) electrons. The third-order valence-corrected chi connectivity index (χ3v) is 9.19. The second-order valence-corrected chi connectivity index (χ2v) is 14.2. The average Bonchev–Trinajstić information content (AvgIpc) is 3.04. The summed E-state index contributed by atoms with van der Waals surface area (Å²) in [6, 6.07) is 0. The molecule has 1 heterocycles. The molecule has 1 fully saturated rings. The van der Waals surface area contributed by atoms with Crippen LogP contribution in [0.3, 0.4) is 0 Å². The number of aliphatic hydroxyl groups is 3. The van der Waals surface area contributed by atoms with Crippen LogP contribution in [0.4, 0.5) is 0 Å². The first-order valence-electron chi connectivity index (χ1n) is 18.8. The monoisotopic (exact) mass is 712 g/mol. The highest BCUT2D eigenvalue weighted by molar-refractivity contribution is 7.80. The minimum atomic E-state index is -5.04. The molecule has 0 bridgehead atoms. The summed E-state index contributed by atoms with van der Waals surface area (Å²) in [5.41, 5.74) is 0. The molecule has 0 spiro atoms. The summed E-state index contributed by atoms with van der Waals surface area (Å²) >= 11 is 0. The zero-order valence-corrected chi connectivity index (χ0v) is 30.6. The third-order valence-electron chi connectivity index (χ3n) is 8.73. The molecule has 12 nitrogen and oxygen atoms in total. The van der Waals surface area contributed by atoms with E-state index < -0.39 is 59.8 Å². The maximum atomic E-state index is 12.4. The van der Waals surface area contributed by atoms with Crippen LogP contribution < -0.4 is 0 Å². The van der Waals surface area contributed by atoms with Gasteiger partial charge in [0.05, 0.1) is 19.8 Å². The highest BCUT2D eigenvalue weighted by Crippen LogP contribution is 2.26. The molecular weight excluding hydrogens is 644 g/mol. The van der Waals surface area contributed by atoms with Crippen molar-refractivity contribution in [3.63, 3.8) is 0 Å². The summed E-state index contributed by atoms with van der Waals surface area (Å²) in [6.07, 6.45) is 16.8. The van der Waals surface area contributed by atoms with E-state index in [1.165, 1.54) is 96.3 Å². The predicted octanol–water partition coefficient (Wildman–Crippen LogP) is 6.18. The quantitative estimate of drug-likeness (QED) is 0.0354. The van der Waals surface area contributed by atoms with Gasteiger partial charge in [0.15, 0.2) is 6.29 Å². The Morgan fingerprint density at radius 3 is 1.67 bits per heavy atom. The first-order valence-corrected chi connectivity index (χ1v) is 20.2. The summed E-state index contributed by atoms with van der Waals surface area (Å²) in [7, 11) is -5.04. The van der Waals surface area contributed by atoms with E-state index in [4.69, 9.17) is 23.5 Å². The Labute approximate surface area is 290 Å². The molecule has 1 aliphatic heterocycles. The van der Waals surface area contributed by atoms with Crippen LogP contribution in [0.2, 0.25) is 0 Å². The molecule has 0 aromatic carbocycles. The Morgan fingerprint density at radius 2 is 1.19 bits per heavy atom. The summed E-state index contributed by atoms with van der Waals surface area (Å²) in [6.45, 7) is 3.80. The van der Waals surface area contributed by atoms with Gasteiger partial charge < -0.3 is 34.3 Å². The van der Waals surface area contributed by atoms with Gasteiger partial charge in [-0.3, -0.25) is 9.35 Å². The highest BCUT2D eigenvalue weighted by Gasteiger charge is 2.48. The second kappa shape index (κ2) is 28.8. The minimum Gasteiger partial charge on any atom is -0.457 e. The van der Waals surface area contributed by atoms with Gasteiger partial charge in [0, 0.05) is 13.0 Å². The lowest BCUT2D eigenvalue weighted by molar-refractivity contribution is -0.301. The van der Waals surface area contributed by atoms with Crippen molar-refractivity contribution in [2.45, 2.75) is 192 Å². The van der Waals surface area contributed by atoms with Crippen LogP contribution >= 0.6 is 0 Å². The maximum absolute atomic E-state index is 12.4. The van der Waals surface area contributed by atoms with Gasteiger partial charge in [0.1, 0.15) is 30.5 Å². The van der Waals surface area contributed by atoms with Crippen LogP contribution in [-0.2, 0) is 38.3 Å². The van der Waals surface area contributed by atoms with Crippen LogP contribution in [0.1, 0.15) is 155 Å². The third kappa shape index (κ3) is 22.7. The Kier molecular flexibility index (Phi) is 27.0. The number of aliphatic hydroxyl groups excluding tert-OH is 3. The van der Waals surface area contributed by atoms with Gasteiger partial charge in [-0.1, -0.05) is 136 Å². The van der Waals surface area contributed by atoms with Crippen molar-refractivity contribution in [1.29, 1.82) is 0 Å². The SMILES string of the molecule is CCCCCCCCCCCCCCCCCCCCOCC(COC1OC(CO)C(O)C(OS(=O)(=O)O)C1O)OC(=O)CCCCC. The van der Waals surface area contributed by atoms with Crippen molar-refractivity contribution in [3.8, 4) is 0 Å². The van der Waals surface area contributed by atoms with Gasteiger partial charge in [0.25, 0.3) is 0 Å². The Hall–Kier alpha value is -0.900. The van der Waals surface area contributed by atoms with Crippen molar-refractivity contribution in [2.75, 3.05) is 26.4 Å². The molecule has 0 saturated carbocycles. The lowest BCUT2D eigenvalue weighted by atomic mass is 9.99.